The quantitative estimate of drug-likeness (QED) is 0.208. The van der Waals surface area contributed by atoms with Crippen LogP contribution in [0.1, 0.15) is 22.4 Å². The number of hydrogen-bond donors (Lipinski definition) is 0. The van der Waals surface area contributed by atoms with E-state index in [9.17, 15) is 0 Å². The molecule has 0 spiro atoms. The van der Waals surface area contributed by atoms with Gasteiger partial charge in [0.2, 0.25) is 0 Å². The van der Waals surface area contributed by atoms with Crippen LogP contribution in [0.3, 0.4) is 0 Å². The lowest BCUT2D eigenvalue weighted by atomic mass is 10.0. The zero-order chi connectivity index (χ0) is 26.8. The summed E-state index contributed by atoms with van der Waals surface area (Å²) in [5.74, 6) is 0. The van der Waals surface area contributed by atoms with Crippen LogP contribution in [0.2, 0.25) is 0 Å². The van der Waals surface area contributed by atoms with Gasteiger partial charge in [-0.3, -0.25) is 0 Å². The minimum atomic E-state index is 0.956. The standard InChI is InChI=1S/C38H28N2/c1-3-27(40-36-20-10-6-15-30(36)31-16-7-11-21-37(31)40)24-33-25(2)39(35-19-9-8-17-32(33)35)38-22-12-18-29-28-14-5-4-13-26(28)23-34(29)38/h3-22,24H,1,23H2,2H3/b27-24+. The average Bonchev–Trinajstić information content (AvgIpc) is 3.64. The second kappa shape index (κ2) is 8.72. The van der Waals surface area contributed by atoms with E-state index in [0.717, 1.165) is 12.1 Å². The Morgan fingerprint density at radius 2 is 1.25 bits per heavy atom. The fourth-order valence-electron chi connectivity index (χ4n) is 6.80. The van der Waals surface area contributed by atoms with E-state index in [-0.39, 0.29) is 0 Å². The van der Waals surface area contributed by atoms with Gasteiger partial charge >= 0.3 is 0 Å². The van der Waals surface area contributed by atoms with Crippen molar-refractivity contribution in [2.75, 3.05) is 0 Å². The first-order chi connectivity index (χ1) is 19.7. The van der Waals surface area contributed by atoms with Crippen LogP contribution in [-0.2, 0) is 6.42 Å². The second-order valence-corrected chi connectivity index (χ2v) is 10.6. The molecular weight excluding hydrogens is 484 g/mol. The fraction of sp³-hybridized carbons (Fsp3) is 0.0526. The van der Waals surface area contributed by atoms with Gasteiger partial charge in [0, 0.05) is 45.2 Å². The maximum atomic E-state index is 4.28. The maximum Gasteiger partial charge on any atom is 0.0541 e. The summed E-state index contributed by atoms with van der Waals surface area (Å²) in [6.07, 6.45) is 5.26. The van der Waals surface area contributed by atoms with E-state index in [1.54, 1.807) is 0 Å². The molecule has 1 aliphatic rings. The molecule has 7 aromatic rings. The number of hydrogen-bond acceptors (Lipinski definition) is 0. The van der Waals surface area contributed by atoms with E-state index >= 15 is 0 Å². The molecule has 2 heterocycles. The third-order valence-electron chi connectivity index (χ3n) is 8.57. The van der Waals surface area contributed by atoms with Gasteiger partial charge in [0.1, 0.15) is 0 Å². The topological polar surface area (TPSA) is 9.86 Å². The molecule has 2 nitrogen and oxygen atoms in total. The molecule has 0 saturated heterocycles. The highest BCUT2D eigenvalue weighted by atomic mass is 15.0. The van der Waals surface area contributed by atoms with Crippen LogP contribution in [0.5, 0.6) is 0 Å². The Bertz CT molecular complexity index is 2110. The molecule has 0 fully saturated rings. The molecule has 2 aromatic heterocycles. The summed E-state index contributed by atoms with van der Waals surface area (Å²) in [5.41, 5.74) is 13.9. The van der Waals surface area contributed by atoms with Gasteiger partial charge in [0.05, 0.1) is 16.6 Å². The van der Waals surface area contributed by atoms with Crippen molar-refractivity contribution in [3.8, 4) is 16.8 Å². The molecule has 1 aliphatic carbocycles. The lowest BCUT2D eigenvalue weighted by Gasteiger charge is -2.14. The van der Waals surface area contributed by atoms with Crippen molar-refractivity contribution in [1.82, 2.24) is 9.13 Å². The highest BCUT2D eigenvalue weighted by molar-refractivity contribution is 6.11. The summed E-state index contributed by atoms with van der Waals surface area (Å²) in [4.78, 5) is 0. The predicted molar refractivity (Wildman–Crippen MR) is 170 cm³/mol. The van der Waals surface area contributed by atoms with Crippen LogP contribution in [0.25, 0.3) is 61.3 Å². The number of rotatable bonds is 4. The zero-order valence-electron chi connectivity index (χ0n) is 22.4. The number of para-hydroxylation sites is 3. The molecule has 0 aliphatic heterocycles. The Balaban J connectivity index is 1.39. The normalized spacial score (nSPS) is 12.8. The van der Waals surface area contributed by atoms with Gasteiger partial charge in [-0.15, -0.1) is 0 Å². The highest BCUT2D eigenvalue weighted by Crippen LogP contribution is 2.42. The van der Waals surface area contributed by atoms with Crippen molar-refractivity contribution >= 4 is 44.5 Å². The number of fused-ring (bicyclic) bond motifs is 7. The van der Waals surface area contributed by atoms with Crippen LogP contribution in [0, 0.1) is 6.92 Å². The van der Waals surface area contributed by atoms with E-state index in [0.29, 0.717) is 0 Å². The molecule has 0 unspecified atom stereocenters. The SMILES string of the molecule is C=C/C(=C\c1c(C)n(-c2cccc3c2Cc2ccccc2-3)c2ccccc12)n1c2ccccc2c2ccccc21. The van der Waals surface area contributed by atoms with Crippen molar-refractivity contribution in [2.45, 2.75) is 13.3 Å². The summed E-state index contributed by atoms with van der Waals surface area (Å²) in [7, 11) is 0. The van der Waals surface area contributed by atoms with Crippen molar-refractivity contribution in [1.29, 1.82) is 0 Å². The molecule has 190 valence electrons. The van der Waals surface area contributed by atoms with Gasteiger partial charge < -0.3 is 9.13 Å². The lowest BCUT2D eigenvalue weighted by molar-refractivity contribution is 1.02. The molecule has 40 heavy (non-hydrogen) atoms. The largest absolute Gasteiger partial charge is 0.313 e. The average molecular weight is 513 g/mol. The number of aromatic nitrogens is 2. The Hall–Kier alpha value is -5.08. The van der Waals surface area contributed by atoms with E-state index in [2.05, 4.69) is 144 Å². The number of nitrogens with zero attached hydrogens (tertiary/aromatic N) is 2. The van der Waals surface area contributed by atoms with Crippen molar-refractivity contribution < 1.29 is 0 Å². The lowest BCUT2D eigenvalue weighted by Crippen LogP contribution is -2.01. The summed E-state index contributed by atoms with van der Waals surface area (Å²) in [6, 6.07) is 41.6. The third kappa shape index (κ3) is 3.17. The molecule has 0 saturated carbocycles. The molecule has 0 bridgehead atoms. The highest BCUT2D eigenvalue weighted by Gasteiger charge is 2.24. The second-order valence-electron chi connectivity index (χ2n) is 10.6. The zero-order valence-corrected chi connectivity index (χ0v) is 22.4. The van der Waals surface area contributed by atoms with E-state index in [1.165, 1.54) is 71.9 Å². The van der Waals surface area contributed by atoms with Gasteiger partial charge in [0.15, 0.2) is 0 Å². The van der Waals surface area contributed by atoms with Crippen molar-refractivity contribution in [3.05, 3.63) is 150 Å². The number of benzene rings is 5. The molecule has 2 heteroatoms. The first-order valence-corrected chi connectivity index (χ1v) is 13.9. The van der Waals surface area contributed by atoms with Crippen LogP contribution < -0.4 is 0 Å². The van der Waals surface area contributed by atoms with E-state index in [1.807, 2.05) is 6.08 Å². The van der Waals surface area contributed by atoms with Gasteiger partial charge in [0.25, 0.3) is 0 Å². The summed E-state index contributed by atoms with van der Waals surface area (Å²) >= 11 is 0. The van der Waals surface area contributed by atoms with Crippen molar-refractivity contribution in [2.24, 2.45) is 0 Å². The Kier molecular flexibility index (Phi) is 4.99. The van der Waals surface area contributed by atoms with E-state index < -0.39 is 0 Å². The molecule has 8 rings (SSSR count). The molecule has 0 radical (unpaired) electrons. The van der Waals surface area contributed by atoms with Gasteiger partial charge in [-0.25, -0.2) is 0 Å². The van der Waals surface area contributed by atoms with Gasteiger partial charge in [-0.05, 0) is 65.6 Å². The monoisotopic (exact) mass is 512 g/mol. The summed E-state index contributed by atoms with van der Waals surface area (Å²) in [5, 5.41) is 3.75. The molecular formula is C38H28N2. The van der Waals surface area contributed by atoms with Crippen LogP contribution in [0.15, 0.2) is 128 Å². The Labute approximate surface area is 233 Å². The van der Waals surface area contributed by atoms with Crippen LogP contribution >= 0.6 is 0 Å². The van der Waals surface area contributed by atoms with Crippen LogP contribution in [0.4, 0.5) is 0 Å². The van der Waals surface area contributed by atoms with Gasteiger partial charge in [-0.1, -0.05) is 97.6 Å². The molecule has 5 aromatic carbocycles. The molecule has 0 N–H and O–H groups in total. The number of allylic oxidation sites excluding steroid dienone is 2. The van der Waals surface area contributed by atoms with Crippen molar-refractivity contribution in [3.63, 3.8) is 0 Å². The first-order valence-electron chi connectivity index (χ1n) is 13.9. The predicted octanol–water partition coefficient (Wildman–Crippen LogP) is 9.80. The molecule has 0 atom stereocenters. The minimum Gasteiger partial charge on any atom is -0.313 e. The third-order valence-corrected chi connectivity index (χ3v) is 8.57. The summed E-state index contributed by atoms with van der Waals surface area (Å²) < 4.78 is 4.80. The Morgan fingerprint density at radius 3 is 1.98 bits per heavy atom. The van der Waals surface area contributed by atoms with Gasteiger partial charge in [-0.2, -0.15) is 0 Å². The first kappa shape index (κ1) is 22.9. The fourth-order valence-corrected chi connectivity index (χ4v) is 6.80. The van der Waals surface area contributed by atoms with E-state index in [4.69, 9.17) is 0 Å². The smallest absolute Gasteiger partial charge is 0.0541 e. The molecule has 0 amide bonds. The summed E-state index contributed by atoms with van der Waals surface area (Å²) in [6.45, 7) is 6.53. The maximum absolute atomic E-state index is 4.28. The van der Waals surface area contributed by atoms with Crippen LogP contribution in [-0.4, -0.2) is 9.13 Å². The Morgan fingerprint density at radius 1 is 0.650 bits per heavy atom. The minimum absolute atomic E-state index is 0.956.